The maximum absolute atomic E-state index is 8.73. The van der Waals surface area contributed by atoms with Gasteiger partial charge in [0.2, 0.25) is 0 Å². The van der Waals surface area contributed by atoms with E-state index in [0.29, 0.717) is 0 Å². The second kappa shape index (κ2) is 4.11. The van der Waals surface area contributed by atoms with Crippen LogP contribution in [0.2, 0.25) is 0 Å². The number of nitriles is 1. The first-order chi connectivity index (χ1) is 6.33. The summed E-state index contributed by atoms with van der Waals surface area (Å²) in [5.74, 6) is 0. The van der Waals surface area contributed by atoms with Gasteiger partial charge in [-0.1, -0.05) is 0 Å². The van der Waals surface area contributed by atoms with Crippen LogP contribution in [0.1, 0.15) is 16.7 Å². The molecule has 0 saturated heterocycles. The molecule has 1 aliphatic rings. The molecule has 1 aromatic rings. The summed E-state index contributed by atoms with van der Waals surface area (Å²) in [6.07, 6.45) is 0. The SMILES string of the molecule is N#Cc1ccc2c(c1)CN([I-]I)C2. The Hall–Kier alpha value is 0.130. The molecule has 1 aromatic carbocycles. The van der Waals surface area contributed by atoms with E-state index in [-0.39, 0.29) is 17.5 Å². The first kappa shape index (κ1) is 9.68. The van der Waals surface area contributed by atoms with Crippen molar-refractivity contribution in [2.24, 2.45) is 0 Å². The van der Waals surface area contributed by atoms with Gasteiger partial charge >= 0.3 is 98.5 Å². The van der Waals surface area contributed by atoms with Crippen LogP contribution in [0.5, 0.6) is 0 Å². The van der Waals surface area contributed by atoms with Crippen LogP contribution >= 0.6 is 18.6 Å². The fourth-order valence-electron chi connectivity index (χ4n) is 1.47. The van der Waals surface area contributed by atoms with Crippen molar-refractivity contribution in [3.63, 3.8) is 0 Å². The Balaban J connectivity index is 2.32. The molecule has 4 heteroatoms. The van der Waals surface area contributed by atoms with Crippen LogP contribution in [0.3, 0.4) is 0 Å². The predicted octanol–water partition coefficient (Wildman–Crippen LogP) is -0.772. The Kier molecular flexibility index (Phi) is 3.06. The summed E-state index contributed by atoms with van der Waals surface area (Å²) < 4.78 is 2.46. The van der Waals surface area contributed by atoms with Crippen molar-refractivity contribution in [2.45, 2.75) is 13.1 Å². The van der Waals surface area contributed by atoms with E-state index in [1.807, 2.05) is 12.1 Å². The summed E-state index contributed by atoms with van der Waals surface area (Å²) in [6, 6.07) is 8.20. The number of fused-ring (bicyclic) bond motifs is 1. The molecule has 13 heavy (non-hydrogen) atoms. The Labute approximate surface area is 97.7 Å². The summed E-state index contributed by atoms with van der Waals surface area (Å²) in [4.78, 5) is 0. The van der Waals surface area contributed by atoms with Crippen LogP contribution in [0.15, 0.2) is 18.2 Å². The number of hydrogen-bond donors (Lipinski definition) is 0. The third kappa shape index (κ3) is 1.97. The van der Waals surface area contributed by atoms with E-state index in [9.17, 15) is 0 Å². The molecule has 1 aliphatic heterocycles. The van der Waals surface area contributed by atoms with Crippen LogP contribution in [0.4, 0.5) is 0 Å². The summed E-state index contributed by atoms with van der Waals surface area (Å²) in [6.45, 7) is 2.12. The predicted molar refractivity (Wildman–Crippen MR) is 54.4 cm³/mol. The van der Waals surface area contributed by atoms with Crippen molar-refractivity contribution in [1.82, 2.24) is 3.11 Å². The number of halogens is 2. The third-order valence-electron chi connectivity index (χ3n) is 2.11. The van der Waals surface area contributed by atoms with E-state index in [2.05, 4.69) is 33.9 Å². The van der Waals surface area contributed by atoms with Gasteiger partial charge in [0, 0.05) is 0 Å². The van der Waals surface area contributed by atoms with Crippen LogP contribution in [-0.4, -0.2) is 3.11 Å². The van der Waals surface area contributed by atoms with E-state index in [1.54, 1.807) is 0 Å². The Morgan fingerprint density at radius 3 is 2.85 bits per heavy atom. The van der Waals surface area contributed by atoms with Gasteiger partial charge in [0.1, 0.15) is 0 Å². The molecule has 1 heterocycles. The number of benzene rings is 1. The fraction of sp³-hybridized carbons (Fsp3) is 0.222. The molecule has 0 atom stereocenters. The maximum atomic E-state index is 8.73. The molecule has 2 rings (SSSR count). The van der Waals surface area contributed by atoms with Crippen LogP contribution in [0, 0.1) is 11.3 Å². The second-order valence-corrected chi connectivity index (χ2v) is 7.11. The van der Waals surface area contributed by atoms with E-state index < -0.39 is 0 Å². The summed E-state index contributed by atoms with van der Waals surface area (Å²) in [5.41, 5.74) is 3.53. The fourth-order valence-corrected chi connectivity index (χ4v) is 4.19. The summed E-state index contributed by atoms with van der Waals surface area (Å²) in [5, 5.41) is 8.73. The zero-order valence-electron chi connectivity index (χ0n) is 6.80. The zero-order chi connectivity index (χ0) is 9.26. The molecule has 2 nitrogen and oxygen atoms in total. The average molecular weight is 397 g/mol. The van der Waals surface area contributed by atoms with Crippen LogP contribution in [-0.2, 0) is 13.1 Å². The molecule has 0 saturated carbocycles. The molecular formula is C9H7I2N2-. The molecule has 0 radical (unpaired) electrons. The third-order valence-corrected chi connectivity index (χ3v) is 6.77. The Morgan fingerprint density at radius 2 is 2.15 bits per heavy atom. The van der Waals surface area contributed by atoms with Crippen molar-refractivity contribution >= 4 is 18.6 Å². The van der Waals surface area contributed by atoms with Gasteiger partial charge in [-0.05, 0) is 0 Å². The molecule has 0 aliphatic carbocycles. The van der Waals surface area contributed by atoms with Gasteiger partial charge < -0.3 is 0 Å². The molecule has 0 N–H and O–H groups in total. The Morgan fingerprint density at radius 1 is 1.38 bits per heavy atom. The normalized spacial score (nSPS) is 15.7. The second-order valence-electron chi connectivity index (χ2n) is 2.94. The zero-order valence-corrected chi connectivity index (χ0v) is 11.1. The van der Waals surface area contributed by atoms with Gasteiger partial charge in [-0.2, -0.15) is 0 Å². The van der Waals surface area contributed by atoms with Gasteiger partial charge in [0.05, 0.1) is 0 Å². The van der Waals surface area contributed by atoms with E-state index in [1.165, 1.54) is 11.1 Å². The Bertz CT molecular complexity index is 370. The molecular weight excluding hydrogens is 390 g/mol. The molecule has 0 amide bonds. The van der Waals surface area contributed by atoms with Gasteiger partial charge in [0.15, 0.2) is 0 Å². The van der Waals surface area contributed by atoms with Crippen LogP contribution in [0.25, 0.3) is 0 Å². The van der Waals surface area contributed by atoms with Gasteiger partial charge in [0.25, 0.3) is 0 Å². The standard InChI is InChI=1S/C9H7I2N2/c10-11-13-5-8-2-1-7(4-12)3-9(8)6-13/h1-3H,5-6H2/q-1. The van der Waals surface area contributed by atoms with Crippen molar-refractivity contribution in [1.29, 1.82) is 5.26 Å². The quantitative estimate of drug-likeness (QED) is 0.460. The molecule has 0 unspecified atom stereocenters. The number of nitrogens with zero attached hydrogens (tertiary/aromatic N) is 2. The molecule has 68 valence electrons. The minimum atomic E-state index is 0.162. The van der Waals surface area contributed by atoms with Crippen molar-refractivity contribution < 1.29 is 17.5 Å². The first-order valence-corrected chi connectivity index (χ1v) is 11.1. The van der Waals surface area contributed by atoms with Gasteiger partial charge in [-0.3, -0.25) is 0 Å². The summed E-state index contributed by atoms with van der Waals surface area (Å²) in [7, 11) is 0. The van der Waals surface area contributed by atoms with E-state index in [4.69, 9.17) is 5.26 Å². The number of rotatable bonds is 1. The monoisotopic (exact) mass is 397 g/mol. The van der Waals surface area contributed by atoms with Crippen LogP contribution < -0.4 is 17.5 Å². The topological polar surface area (TPSA) is 27.0 Å². The van der Waals surface area contributed by atoms with Crippen molar-refractivity contribution in [3.05, 3.63) is 34.9 Å². The molecule has 0 bridgehead atoms. The van der Waals surface area contributed by atoms with E-state index in [0.717, 1.165) is 18.7 Å². The molecule has 0 aromatic heterocycles. The average Bonchev–Trinajstić information content (AvgIpc) is 2.58. The van der Waals surface area contributed by atoms with E-state index >= 15 is 0 Å². The minimum absolute atomic E-state index is 0.162. The summed E-state index contributed by atoms with van der Waals surface area (Å²) >= 11 is 2.64. The number of hydrogen-bond acceptors (Lipinski definition) is 2. The van der Waals surface area contributed by atoms with Crippen molar-refractivity contribution in [2.75, 3.05) is 0 Å². The first-order valence-electron chi connectivity index (χ1n) is 3.86. The van der Waals surface area contributed by atoms with Gasteiger partial charge in [-0.25, -0.2) is 0 Å². The molecule has 0 fully saturated rings. The van der Waals surface area contributed by atoms with Crippen molar-refractivity contribution in [3.8, 4) is 6.07 Å². The molecule has 0 spiro atoms. The van der Waals surface area contributed by atoms with Gasteiger partial charge in [-0.15, -0.1) is 0 Å².